The van der Waals surface area contributed by atoms with Gasteiger partial charge in [0.15, 0.2) is 5.76 Å². The summed E-state index contributed by atoms with van der Waals surface area (Å²) in [7, 11) is 1.56. The van der Waals surface area contributed by atoms with Crippen molar-refractivity contribution in [3.63, 3.8) is 0 Å². The highest BCUT2D eigenvalue weighted by Gasteiger charge is 2.15. The first-order valence-electron chi connectivity index (χ1n) is 9.49. The molecule has 0 radical (unpaired) electrons. The van der Waals surface area contributed by atoms with E-state index in [0.717, 1.165) is 31.4 Å². The molecule has 1 aromatic heterocycles. The minimum absolute atomic E-state index is 0.0795. The van der Waals surface area contributed by atoms with Crippen molar-refractivity contribution in [3.8, 4) is 11.3 Å². The standard InChI is InChI=1S/C21H26N2O4/c1-22-21(25)19-12-11-18(27-19)15-7-9-16(10-8-15)20(24)23-13-3-2-5-17-6-4-14-26-17/h7-12,17H,2-6,13-14H2,1H3,(H,22,25)(H,23,24). The highest BCUT2D eigenvalue weighted by atomic mass is 16.5. The molecule has 144 valence electrons. The first-order valence-corrected chi connectivity index (χ1v) is 9.49. The average Bonchev–Trinajstić information content (AvgIpc) is 3.39. The summed E-state index contributed by atoms with van der Waals surface area (Å²) in [6.07, 6.45) is 5.85. The molecule has 1 aliphatic rings. The molecule has 1 aliphatic heterocycles. The smallest absolute Gasteiger partial charge is 0.286 e. The maximum absolute atomic E-state index is 12.2. The lowest BCUT2D eigenvalue weighted by Gasteiger charge is -2.09. The van der Waals surface area contributed by atoms with E-state index in [0.29, 0.717) is 24.0 Å². The molecule has 3 rings (SSSR count). The number of carbonyl (C=O) groups excluding carboxylic acids is 2. The van der Waals surface area contributed by atoms with Gasteiger partial charge in [0.1, 0.15) is 5.76 Å². The van der Waals surface area contributed by atoms with Gasteiger partial charge < -0.3 is 19.8 Å². The third kappa shape index (κ3) is 5.20. The van der Waals surface area contributed by atoms with Gasteiger partial charge in [0.2, 0.25) is 0 Å². The lowest BCUT2D eigenvalue weighted by atomic mass is 10.1. The second-order valence-corrected chi connectivity index (χ2v) is 6.71. The van der Waals surface area contributed by atoms with Crippen molar-refractivity contribution in [2.75, 3.05) is 20.2 Å². The monoisotopic (exact) mass is 370 g/mol. The molecule has 6 nitrogen and oxygen atoms in total. The number of furan rings is 1. The van der Waals surface area contributed by atoms with Crippen molar-refractivity contribution in [1.82, 2.24) is 10.6 Å². The molecule has 0 bridgehead atoms. The number of ether oxygens (including phenoxy) is 1. The summed E-state index contributed by atoms with van der Waals surface area (Å²) in [4.78, 5) is 23.8. The Morgan fingerprint density at radius 3 is 2.59 bits per heavy atom. The van der Waals surface area contributed by atoms with Crippen LogP contribution in [-0.4, -0.2) is 38.1 Å². The van der Waals surface area contributed by atoms with Gasteiger partial charge in [0.05, 0.1) is 6.10 Å². The quantitative estimate of drug-likeness (QED) is 0.698. The minimum Gasteiger partial charge on any atom is -0.451 e. The van der Waals surface area contributed by atoms with Crippen LogP contribution in [0.15, 0.2) is 40.8 Å². The number of benzene rings is 1. The fraction of sp³-hybridized carbons (Fsp3) is 0.429. The van der Waals surface area contributed by atoms with Crippen molar-refractivity contribution in [3.05, 3.63) is 47.7 Å². The van der Waals surface area contributed by atoms with Crippen LogP contribution in [0.5, 0.6) is 0 Å². The zero-order valence-corrected chi connectivity index (χ0v) is 15.6. The van der Waals surface area contributed by atoms with Gasteiger partial charge in [-0.2, -0.15) is 0 Å². The fourth-order valence-electron chi connectivity index (χ4n) is 3.20. The normalized spacial score (nSPS) is 16.3. The van der Waals surface area contributed by atoms with Crippen LogP contribution in [0.3, 0.4) is 0 Å². The highest BCUT2D eigenvalue weighted by molar-refractivity contribution is 5.94. The van der Waals surface area contributed by atoms with Crippen LogP contribution in [0.1, 0.15) is 53.0 Å². The van der Waals surface area contributed by atoms with E-state index in [9.17, 15) is 9.59 Å². The summed E-state index contributed by atoms with van der Waals surface area (Å²) in [5, 5.41) is 5.48. The first-order chi connectivity index (χ1) is 13.2. The van der Waals surface area contributed by atoms with Gasteiger partial charge in [-0.25, -0.2) is 0 Å². The van der Waals surface area contributed by atoms with Gasteiger partial charge in [0, 0.05) is 31.3 Å². The first kappa shape index (κ1) is 19.2. The maximum Gasteiger partial charge on any atom is 0.286 e. The molecule has 1 unspecified atom stereocenters. The van der Waals surface area contributed by atoms with Gasteiger partial charge in [-0.15, -0.1) is 0 Å². The minimum atomic E-state index is -0.267. The predicted octanol–water partition coefficient (Wildman–Crippen LogP) is 3.39. The largest absolute Gasteiger partial charge is 0.451 e. The summed E-state index contributed by atoms with van der Waals surface area (Å²) < 4.78 is 11.1. The third-order valence-corrected chi connectivity index (χ3v) is 4.75. The Kier molecular flexibility index (Phi) is 6.65. The summed E-state index contributed by atoms with van der Waals surface area (Å²) in [5.41, 5.74) is 1.43. The molecule has 0 aliphatic carbocycles. The van der Waals surface area contributed by atoms with E-state index in [4.69, 9.17) is 9.15 Å². The van der Waals surface area contributed by atoms with Crippen LogP contribution in [0.4, 0.5) is 0 Å². The summed E-state index contributed by atoms with van der Waals surface area (Å²) >= 11 is 0. The third-order valence-electron chi connectivity index (χ3n) is 4.75. The number of amides is 2. The van der Waals surface area contributed by atoms with Gasteiger partial charge in [-0.05, 0) is 56.4 Å². The summed E-state index contributed by atoms with van der Waals surface area (Å²) in [5.74, 6) is 0.507. The maximum atomic E-state index is 12.2. The van der Waals surface area contributed by atoms with Crippen molar-refractivity contribution >= 4 is 11.8 Å². The van der Waals surface area contributed by atoms with E-state index in [1.807, 2.05) is 12.1 Å². The van der Waals surface area contributed by atoms with Crippen LogP contribution in [-0.2, 0) is 4.74 Å². The Labute approximate surface area is 159 Å². The Morgan fingerprint density at radius 2 is 1.89 bits per heavy atom. The number of carbonyl (C=O) groups is 2. The number of hydrogen-bond acceptors (Lipinski definition) is 4. The van der Waals surface area contributed by atoms with Gasteiger partial charge in [0.25, 0.3) is 11.8 Å². The van der Waals surface area contributed by atoms with Gasteiger partial charge >= 0.3 is 0 Å². The molecule has 2 amide bonds. The number of hydrogen-bond donors (Lipinski definition) is 2. The molecule has 27 heavy (non-hydrogen) atoms. The highest BCUT2D eigenvalue weighted by Crippen LogP contribution is 2.22. The van der Waals surface area contributed by atoms with Gasteiger partial charge in [-0.1, -0.05) is 12.1 Å². The van der Waals surface area contributed by atoms with Crippen LogP contribution < -0.4 is 10.6 Å². The predicted molar refractivity (Wildman–Crippen MR) is 103 cm³/mol. The molecule has 1 fully saturated rings. The summed E-state index contributed by atoms with van der Waals surface area (Å²) in [6.45, 7) is 1.56. The van der Waals surface area contributed by atoms with E-state index in [-0.39, 0.29) is 17.6 Å². The van der Waals surface area contributed by atoms with Crippen LogP contribution in [0.25, 0.3) is 11.3 Å². The molecule has 2 aromatic rings. The molecule has 2 N–H and O–H groups in total. The Bertz CT molecular complexity index is 761. The van der Waals surface area contributed by atoms with Crippen LogP contribution >= 0.6 is 0 Å². The van der Waals surface area contributed by atoms with Crippen LogP contribution in [0, 0.1) is 0 Å². The molecule has 1 aromatic carbocycles. The zero-order chi connectivity index (χ0) is 19.1. The number of unbranched alkanes of at least 4 members (excludes halogenated alkanes) is 1. The molecule has 6 heteroatoms. The molecular weight excluding hydrogens is 344 g/mol. The van der Waals surface area contributed by atoms with Gasteiger partial charge in [-0.3, -0.25) is 9.59 Å². The van der Waals surface area contributed by atoms with E-state index in [2.05, 4.69) is 10.6 Å². The van der Waals surface area contributed by atoms with E-state index in [1.54, 1.807) is 31.3 Å². The molecule has 0 spiro atoms. The van der Waals surface area contributed by atoms with E-state index >= 15 is 0 Å². The van der Waals surface area contributed by atoms with Crippen LogP contribution in [0.2, 0.25) is 0 Å². The average molecular weight is 370 g/mol. The van der Waals surface area contributed by atoms with Crippen molar-refractivity contribution in [2.24, 2.45) is 0 Å². The topological polar surface area (TPSA) is 80.6 Å². The Balaban J connectivity index is 1.45. The molecular formula is C21H26N2O4. The van der Waals surface area contributed by atoms with Crippen molar-refractivity contribution in [2.45, 2.75) is 38.2 Å². The Hall–Kier alpha value is -2.60. The SMILES string of the molecule is CNC(=O)c1ccc(-c2ccc(C(=O)NCCCCC3CCCO3)cc2)o1. The second kappa shape index (κ2) is 9.37. The molecule has 0 saturated carbocycles. The molecule has 2 heterocycles. The fourth-order valence-corrected chi connectivity index (χ4v) is 3.20. The number of nitrogens with one attached hydrogen (secondary N) is 2. The lowest BCUT2D eigenvalue weighted by molar-refractivity contribution is 0.0932. The van der Waals surface area contributed by atoms with E-state index < -0.39 is 0 Å². The van der Waals surface area contributed by atoms with Crippen molar-refractivity contribution in [1.29, 1.82) is 0 Å². The van der Waals surface area contributed by atoms with Crippen molar-refractivity contribution < 1.29 is 18.7 Å². The lowest BCUT2D eigenvalue weighted by Crippen LogP contribution is -2.24. The summed E-state index contributed by atoms with van der Waals surface area (Å²) in [6, 6.07) is 10.5. The Morgan fingerprint density at radius 1 is 1.07 bits per heavy atom. The van der Waals surface area contributed by atoms with E-state index in [1.165, 1.54) is 12.8 Å². The second-order valence-electron chi connectivity index (χ2n) is 6.71. The number of rotatable bonds is 8. The zero-order valence-electron chi connectivity index (χ0n) is 15.6. The molecule has 1 atom stereocenters. The molecule has 1 saturated heterocycles.